The number of hydrogen-bond acceptors (Lipinski definition) is 4. The molecule has 3 rings (SSSR count). The normalized spacial score (nSPS) is 15.6. The van der Waals surface area contributed by atoms with E-state index in [1.54, 1.807) is 35.2 Å². The van der Waals surface area contributed by atoms with Crippen LogP contribution in [0.4, 0.5) is 5.13 Å². The molecule has 0 unspecified atom stereocenters. The molecule has 1 aliphatic rings. The Balaban J connectivity index is 1.69. The largest absolute Gasteiger partial charge is 0.345 e. The Morgan fingerprint density at radius 2 is 2.00 bits per heavy atom. The van der Waals surface area contributed by atoms with Crippen molar-refractivity contribution < 1.29 is 4.79 Å². The highest BCUT2D eigenvalue weighted by Crippen LogP contribution is 2.26. The van der Waals surface area contributed by atoms with E-state index in [1.165, 1.54) is 0 Å². The summed E-state index contributed by atoms with van der Waals surface area (Å²) in [5.74, 6) is -0.0370. The van der Waals surface area contributed by atoms with E-state index in [2.05, 4.69) is 9.88 Å². The number of anilines is 1. The van der Waals surface area contributed by atoms with Crippen molar-refractivity contribution in [2.45, 2.75) is 0 Å². The molecule has 0 aliphatic carbocycles. The lowest BCUT2D eigenvalue weighted by Crippen LogP contribution is -2.49. The molecule has 1 fully saturated rings. The lowest BCUT2D eigenvalue weighted by atomic mass is 10.3. The van der Waals surface area contributed by atoms with Gasteiger partial charge in [0.05, 0.1) is 5.02 Å². The number of amides is 1. The highest BCUT2D eigenvalue weighted by atomic mass is 35.5. The van der Waals surface area contributed by atoms with Gasteiger partial charge in [-0.3, -0.25) is 4.79 Å². The van der Waals surface area contributed by atoms with Crippen molar-refractivity contribution in [1.29, 1.82) is 0 Å². The van der Waals surface area contributed by atoms with E-state index < -0.39 is 0 Å². The fourth-order valence-corrected chi connectivity index (χ4v) is 3.46. The maximum Gasteiger partial charge on any atom is 0.270 e. The molecular weight excluding hydrogens is 331 g/mol. The SMILES string of the molecule is Cn1c(C(=O)N2CCN(c3nccs3)CC2)cc(Cl)c1Cl. The van der Waals surface area contributed by atoms with Crippen LogP contribution in [-0.4, -0.2) is 46.5 Å². The summed E-state index contributed by atoms with van der Waals surface area (Å²) in [6.45, 7) is 2.90. The fraction of sp³-hybridized carbons (Fsp3) is 0.385. The third kappa shape index (κ3) is 2.75. The molecule has 1 saturated heterocycles. The molecule has 2 aromatic heterocycles. The van der Waals surface area contributed by atoms with E-state index in [9.17, 15) is 4.79 Å². The number of piperazine rings is 1. The lowest BCUT2D eigenvalue weighted by Gasteiger charge is -2.34. The van der Waals surface area contributed by atoms with Gasteiger partial charge in [0.25, 0.3) is 5.91 Å². The van der Waals surface area contributed by atoms with Gasteiger partial charge >= 0.3 is 0 Å². The summed E-state index contributed by atoms with van der Waals surface area (Å²) in [5.41, 5.74) is 0.521. The van der Waals surface area contributed by atoms with E-state index in [-0.39, 0.29) is 5.91 Å². The molecule has 3 heterocycles. The van der Waals surface area contributed by atoms with Crippen molar-refractivity contribution in [3.05, 3.63) is 33.5 Å². The molecule has 0 atom stereocenters. The summed E-state index contributed by atoms with van der Waals surface area (Å²) < 4.78 is 1.62. The minimum absolute atomic E-state index is 0.0370. The zero-order valence-electron chi connectivity index (χ0n) is 11.4. The molecular formula is C13H14Cl2N4OS. The average molecular weight is 345 g/mol. The monoisotopic (exact) mass is 344 g/mol. The lowest BCUT2D eigenvalue weighted by molar-refractivity contribution is 0.0737. The summed E-state index contributed by atoms with van der Waals surface area (Å²) in [7, 11) is 1.74. The number of carbonyl (C=O) groups excluding carboxylic acids is 1. The highest BCUT2D eigenvalue weighted by Gasteiger charge is 2.26. The first-order valence-electron chi connectivity index (χ1n) is 6.52. The number of hydrogen-bond donors (Lipinski definition) is 0. The highest BCUT2D eigenvalue weighted by molar-refractivity contribution is 7.13. The van der Waals surface area contributed by atoms with Gasteiger partial charge in [-0.2, -0.15) is 0 Å². The Morgan fingerprint density at radius 3 is 2.52 bits per heavy atom. The molecule has 2 aromatic rings. The van der Waals surface area contributed by atoms with Gasteiger partial charge < -0.3 is 14.4 Å². The Morgan fingerprint density at radius 1 is 1.29 bits per heavy atom. The Kier molecular flexibility index (Phi) is 4.10. The second kappa shape index (κ2) is 5.87. The van der Waals surface area contributed by atoms with Crippen LogP contribution >= 0.6 is 34.5 Å². The Labute approximate surface area is 136 Å². The second-order valence-electron chi connectivity index (χ2n) is 4.82. The minimum Gasteiger partial charge on any atom is -0.345 e. The van der Waals surface area contributed by atoms with Crippen molar-refractivity contribution in [2.24, 2.45) is 7.05 Å². The summed E-state index contributed by atoms with van der Waals surface area (Å²) in [5, 5.41) is 3.76. The van der Waals surface area contributed by atoms with Gasteiger partial charge in [-0.05, 0) is 6.07 Å². The number of thiazole rings is 1. The predicted octanol–water partition coefficient (Wildman–Crippen LogP) is 2.75. The number of nitrogens with zero attached hydrogens (tertiary/aromatic N) is 4. The van der Waals surface area contributed by atoms with Crippen LogP contribution in [0.15, 0.2) is 17.6 Å². The number of aromatic nitrogens is 2. The van der Waals surface area contributed by atoms with Gasteiger partial charge in [-0.1, -0.05) is 23.2 Å². The summed E-state index contributed by atoms with van der Waals surface area (Å²) in [6.07, 6.45) is 1.80. The molecule has 8 heteroatoms. The first-order valence-corrected chi connectivity index (χ1v) is 8.16. The molecule has 1 aliphatic heterocycles. The molecule has 0 saturated carbocycles. The van der Waals surface area contributed by atoms with Crippen LogP contribution in [0.25, 0.3) is 0 Å². The summed E-state index contributed by atoms with van der Waals surface area (Å²) in [6, 6.07) is 1.62. The number of halogens is 2. The van der Waals surface area contributed by atoms with Crippen molar-refractivity contribution in [3.63, 3.8) is 0 Å². The van der Waals surface area contributed by atoms with Crippen LogP contribution in [0.1, 0.15) is 10.5 Å². The molecule has 1 amide bonds. The van der Waals surface area contributed by atoms with Gasteiger partial charge in [0.2, 0.25) is 0 Å². The standard InChI is InChI=1S/C13H14Cl2N4OS/c1-17-10(8-9(14)11(17)15)12(20)18-3-5-19(6-4-18)13-16-2-7-21-13/h2,7-8H,3-6H2,1H3. The number of carbonyl (C=O) groups is 1. The maximum atomic E-state index is 12.5. The van der Waals surface area contributed by atoms with Crippen LogP contribution in [0.2, 0.25) is 10.2 Å². The Bertz CT molecular complexity index is 647. The topological polar surface area (TPSA) is 41.4 Å². The predicted molar refractivity (Wildman–Crippen MR) is 85.7 cm³/mol. The first-order chi connectivity index (χ1) is 10.1. The summed E-state index contributed by atoms with van der Waals surface area (Å²) in [4.78, 5) is 20.9. The van der Waals surface area contributed by atoms with Gasteiger partial charge in [0.15, 0.2) is 5.13 Å². The zero-order valence-corrected chi connectivity index (χ0v) is 13.8. The van der Waals surface area contributed by atoms with Crippen LogP contribution in [-0.2, 0) is 7.05 Å². The van der Waals surface area contributed by atoms with Crippen LogP contribution in [0.5, 0.6) is 0 Å². The average Bonchev–Trinajstić information content (AvgIpc) is 3.12. The molecule has 5 nitrogen and oxygen atoms in total. The summed E-state index contributed by atoms with van der Waals surface area (Å²) >= 11 is 13.6. The van der Waals surface area contributed by atoms with E-state index in [0.717, 1.165) is 18.2 Å². The molecule has 0 radical (unpaired) electrons. The minimum atomic E-state index is -0.0370. The molecule has 21 heavy (non-hydrogen) atoms. The van der Waals surface area contributed by atoms with E-state index in [0.29, 0.717) is 29.0 Å². The zero-order chi connectivity index (χ0) is 15.0. The number of rotatable bonds is 2. The molecule has 0 aromatic carbocycles. The molecule has 0 N–H and O–H groups in total. The van der Waals surface area contributed by atoms with Crippen LogP contribution < -0.4 is 4.90 Å². The Hall–Kier alpha value is -1.24. The van der Waals surface area contributed by atoms with Gasteiger partial charge in [0.1, 0.15) is 10.8 Å². The maximum absolute atomic E-state index is 12.5. The third-order valence-corrected chi connectivity index (χ3v) is 5.27. The molecule has 0 bridgehead atoms. The molecule has 0 spiro atoms. The van der Waals surface area contributed by atoms with Gasteiger partial charge in [0, 0.05) is 44.8 Å². The van der Waals surface area contributed by atoms with Crippen molar-refractivity contribution in [2.75, 3.05) is 31.1 Å². The fourth-order valence-electron chi connectivity index (χ4n) is 2.38. The smallest absolute Gasteiger partial charge is 0.270 e. The van der Waals surface area contributed by atoms with Gasteiger partial charge in [-0.15, -0.1) is 11.3 Å². The first kappa shape index (κ1) is 14.7. The van der Waals surface area contributed by atoms with Crippen LogP contribution in [0.3, 0.4) is 0 Å². The second-order valence-corrected chi connectivity index (χ2v) is 6.46. The van der Waals surface area contributed by atoms with E-state index in [1.807, 2.05) is 10.3 Å². The van der Waals surface area contributed by atoms with E-state index >= 15 is 0 Å². The molecule has 112 valence electrons. The third-order valence-electron chi connectivity index (χ3n) is 3.59. The van der Waals surface area contributed by atoms with E-state index in [4.69, 9.17) is 23.2 Å². The van der Waals surface area contributed by atoms with Gasteiger partial charge in [-0.25, -0.2) is 4.98 Å². The van der Waals surface area contributed by atoms with Crippen molar-refractivity contribution >= 4 is 45.6 Å². The van der Waals surface area contributed by atoms with Crippen molar-refractivity contribution in [3.8, 4) is 0 Å². The quantitative estimate of drug-likeness (QED) is 0.841. The van der Waals surface area contributed by atoms with Crippen LogP contribution in [0, 0.1) is 0 Å². The van der Waals surface area contributed by atoms with Crippen molar-refractivity contribution in [1.82, 2.24) is 14.5 Å².